The van der Waals surface area contributed by atoms with Gasteiger partial charge < -0.3 is 20.0 Å². The highest BCUT2D eigenvalue weighted by molar-refractivity contribution is 14.0. The number of anilines is 1. The van der Waals surface area contributed by atoms with Gasteiger partial charge in [-0.1, -0.05) is 0 Å². The van der Waals surface area contributed by atoms with Crippen LogP contribution in [0, 0.1) is 0 Å². The monoisotopic (exact) mass is 463 g/mol. The molecule has 7 heteroatoms. The average molecular weight is 463 g/mol. The van der Waals surface area contributed by atoms with Crippen LogP contribution in [0.4, 0.5) is 5.00 Å². The highest BCUT2D eigenvalue weighted by Crippen LogP contribution is 2.22. The minimum atomic E-state index is 0. The molecule has 2 aliphatic rings. The Hall–Kier alpha value is -0.540. The number of guanidine groups is 1. The zero-order valence-corrected chi connectivity index (χ0v) is 17.9. The summed E-state index contributed by atoms with van der Waals surface area (Å²) in [6, 6.07) is 4.97. The molecule has 3 heterocycles. The molecular weight excluding hydrogens is 433 g/mol. The van der Waals surface area contributed by atoms with Gasteiger partial charge in [-0.3, -0.25) is 4.99 Å². The zero-order valence-electron chi connectivity index (χ0n) is 14.8. The maximum absolute atomic E-state index is 4.93. The van der Waals surface area contributed by atoms with Crippen LogP contribution in [0.5, 0.6) is 0 Å². The van der Waals surface area contributed by atoms with E-state index in [9.17, 15) is 0 Å². The lowest BCUT2D eigenvalue weighted by atomic mass is 10.2. The van der Waals surface area contributed by atoms with Crippen molar-refractivity contribution in [3.05, 3.63) is 17.5 Å². The van der Waals surface area contributed by atoms with E-state index in [1.807, 2.05) is 11.3 Å². The number of hydrogen-bond donors (Lipinski definition) is 1. The largest absolute Gasteiger partial charge is 0.360 e. The molecule has 1 atom stereocenters. The molecule has 0 aromatic carbocycles. The van der Waals surface area contributed by atoms with E-state index in [1.54, 1.807) is 0 Å². The highest BCUT2D eigenvalue weighted by atomic mass is 127. The molecule has 0 spiro atoms. The van der Waals surface area contributed by atoms with Crippen LogP contribution in [-0.4, -0.2) is 74.7 Å². The fourth-order valence-electron chi connectivity index (χ4n) is 3.42. The van der Waals surface area contributed by atoms with Crippen molar-refractivity contribution in [3.8, 4) is 0 Å². The number of rotatable bonds is 4. The minimum absolute atomic E-state index is 0. The van der Waals surface area contributed by atoms with Gasteiger partial charge in [-0.05, 0) is 50.9 Å². The van der Waals surface area contributed by atoms with E-state index >= 15 is 0 Å². The molecule has 1 aromatic heterocycles. The zero-order chi connectivity index (χ0) is 16.1. The molecule has 1 N–H and O–H groups in total. The van der Waals surface area contributed by atoms with Crippen molar-refractivity contribution in [1.82, 2.24) is 15.1 Å². The van der Waals surface area contributed by atoms with Crippen molar-refractivity contribution in [1.29, 1.82) is 0 Å². The Labute approximate surface area is 167 Å². The van der Waals surface area contributed by atoms with E-state index in [4.69, 9.17) is 4.99 Å². The van der Waals surface area contributed by atoms with Gasteiger partial charge in [0.2, 0.25) is 0 Å². The van der Waals surface area contributed by atoms with Crippen molar-refractivity contribution in [2.45, 2.75) is 25.8 Å². The summed E-state index contributed by atoms with van der Waals surface area (Å²) in [7, 11) is 2.22. The standard InChI is InChI=1S/C17H29N5S.HI/c1-3-18-17(19-14-15-6-4-8-20(15)2)22-11-9-21(10-12-22)16-7-5-13-23-16;/h5,7,13,15H,3-4,6,8-12,14H2,1-2H3,(H,18,19);1H. The van der Waals surface area contributed by atoms with Crippen LogP contribution in [0.15, 0.2) is 22.5 Å². The maximum atomic E-state index is 4.93. The molecule has 0 amide bonds. The molecule has 2 fully saturated rings. The molecule has 0 saturated carbocycles. The molecule has 2 aliphatic heterocycles. The molecule has 5 nitrogen and oxygen atoms in total. The van der Waals surface area contributed by atoms with Crippen LogP contribution in [0.2, 0.25) is 0 Å². The number of likely N-dealkylation sites (tertiary alicyclic amines) is 1. The lowest BCUT2D eigenvalue weighted by molar-refractivity contribution is 0.314. The summed E-state index contributed by atoms with van der Waals surface area (Å²) in [5, 5.41) is 7.03. The average Bonchev–Trinajstić information content (AvgIpc) is 3.24. The molecule has 1 unspecified atom stereocenters. The van der Waals surface area contributed by atoms with Crippen molar-refractivity contribution in [3.63, 3.8) is 0 Å². The third kappa shape index (κ3) is 4.98. The predicted octanol–water partition coefficient (Wildman–Crippen LogP) is 2.55. The Morgan fingerprint density at radius 2 is 2.08 bits per heavy atom. The van der Waals surface area contributed by atoms with E-state index in [1.165, 1.54) is 24.4 Å². The van der Waals surface area contributed by atoms with Crippen molar-refractivity contribution < 1.29 is 0 Å². The number of likely N-dealkylation sites (N-methyl/N-ethyl adjacent to an activating group) is 1. The molecule has 0 bridgehead atoms. The number of piperazine rings is 1. The van der Waals surface area contributed by atoms with Gasteiger partial charge in [0.1, 0.15) is 0 Å². The smallest absolute Gasteiger partial charge is 0.194 e. The van der Waals surface area contributed by atoms with E-state index in [0.717, 1.165) is 45.2 Å². The first-order valence-corrected chi connectivity index (χ1v) is 9.68. The normalized spacial score (nSPS) is 22.6. The fraction of sp³-hybridized carbons (Fsp3) is 0.706. The number of nitrogens with one attached hydrogen (secondary N) is 1. The summed E-state index contributed by atoms with van der Waals surface area (Å²) in [5.41, 5.74) is 0. The lowest BCUT2D eigenvalue weighted by Gasteiger charge is -2.37. The molecule has 2 saturated heterocycles. The Kier molecular flexibility index (Phi) is 8.09. The van der Waals surface area contributed by atoms with Gasteiger partial charge in [0.05, 0.1) is 11.5 Å². The van der Waals surface area contributed by atoms with Crippen molar-refractivity contribution >= 4 is 46.3 Å². The highest BCUT2D eigenvalue weighted by Gasteiger charge is 2.23. The van der Waals surface area contributed by atoms with Crippen LogP contribution >= 0.6 is 35.3 Å². The Bertz CT molecular complexity index is 499. The SMILES string of the molecule is CCNC(=NCC1CCCN1C)N1CCN(c2cccs2)CC1.I. The van der Waals surface area contributed by atoms with Crippen LogP contribution in [-0.2, 0) is 0 Å². The number of nitrogens with zero attached hydrogens (tertiary/aromatic N) is 4. The quantitative estimate of drug-likeness (QED) is 0.423. The van der Waals surface area contributed by atoms with Gasteiger partial charge in [0.25, 0.3) is 0 Å². The summed E-state index contributed by atoms with van der Waals surface area (Å²) in [6.45, 7) is 9.47. The van der Waals surface area contributed by atoms with Crippen LogP contribution in [0.3, 0.4) is 0 Å². The summed E-state index contributed by atoms with van der Waals surface area (Å²) in [6.07, 6.45) is 2.60. The number of thiophene rings is 1. The second-order valence-electron chi connectivity index (χ2n) is 6.40. The number of aliphatic imine (C=N–C) groups is 1. The molecule has 136 valence electrons. The summed E-state index contributed by atoms with van der Waals surface area (Å²) in [5.74, 6) is 1.10. The lowest BCUT2D eigenvalue weighted by Crippen LogP contribution is -2.52. The number of halogens is 1. The van der Waals surface area contributed by atoms with Gasteiger partial charge >= 0.3 is 0 Å². The Morgan fingerprint density at radius 3 is 2.67 bits per heavy atom. The molecule has 0 radical (unpaired) electrons. The van der Waals surface area contributed by atoms with Crippen LogP contribution < -0.4 is 10.2 Å². The molecule has 1 aromatic rings. The van der Waals surface area contributed by atoms with Gasteiger partial charge in [0.15, 0.2) is 5.96 Å². The Balaban J connectivity index is 0.00000208. The summed E-state index contributed by atoms with van der Waals surface area (Å²) in [4.78, 5) is 12.3. The molecule has 3 rings (SSSR count). The second-order valence-corrected chi connectivity index (χ2v) is 7.32. The minimum Gasteiger partial charge on any atom is -0.360 e. The first-order valence-electron chi connectivity index (χ1n) is 8.80. The maximum Gasteiger partial charge on any atom is 0.194 e. The van der Waals surface area contributed by atoms with Crippen molar-refractivity contribution in [2.75, 3.05) is 57.8 Å². The molecular formula is C17H30IN5S. The third-order valence-corrected chi connectivity index (χ3v) is 5.78. The van der Waals surface area contributed by atoms with E-state index in [-0.39, 0.29) is 24.0 Å². The summed E-state index contributed by atoms with van der Waals surface area (Å²) < 4.78 is 0. The van der Waals surface area contributed by atoms with Gasteiger partial charge in [-0.2, -0.15) is 0 Å². The fourth-order valence-corrected chi connectivity index (χ4v) is 4.20. The first kappa shape index (κ1) is 19.8. The van der Waals surface area contributed by atoms with Gasteiger partial charge in [0, 0.05) is 38.8 Å². The van der Waals surface area contributed by atoms with E-state index in [0.29, 0.717) is 6.04 Å². The Morgan fingerprint density at radius 1 is 1.29 bits per heavy atom. The topological polar surface area (TPSA) is 34.1 Å². The van der Waals surface area contributed by atoms with Crippen LogP contribution in [0.25, 0.3) is 0 Å². The number of hydrogen-bond acceptors (Lipinski definition) is 4. The first-order chi connectivity index (χ1) is 11.3. The summed E-state index contributed by atoms with van der Waals surface area (Å²) >= 11 is 1.83. The van der Waals surface area contributed by atoms with E-state index in [2.05, 4.69) is 51.5 Å². The van der Waals surface area contributed by atoms with Crippen molar-refractivity contribution in [2.24, 2.45) is 4.99 Å². The van der Waals surface area contributed by atoms with Crippen LogP contribution in [0.1, 0.15) is 19.8 Å². The predicted molar refractivity (Wildman–Crippen MR) is 115 cm³/mol. The van der Waals surface area contributed by atoms with Gasteiger partial charge in [-0.15, -0.1) is 35.3 Å². The molecule has 0 aliphatic carbocycles. The van der Waals surface area contributed by atoms with Gasteiger partial charge in [-0.25, -0.2) is 0 Å². The molecule has 24 heavy (non-hydrogen) atoms. The van der Waals surface area contributed by atoms with E-state index < -0.39 is 0 Å². The third-order valence-electron chi connectivity index (χ3n) is 4.86. The second kappa shape index (κ2) is 9.82.